The minimum absolute atomic E-state index is 0.252. The predicted molar refractivity (Wildman–Crippen MR) is 119 cm³/mol. The maximum absolute atomic E-state index is 13.2. The summed E-state index contributed by atoms with van der Waals surface area (Å²) >= 11 is 0. The van der Waals surface area contributed by atoms with Gasteiger partial charge in [0.15, 0.2) is 0 Å². The lowest BCUT2D eigenvalue weighted by atomic mass is 10.0. The molecule has 150 valence electrons. The highest BCUT2D eigenvalue weighted by atomic mass is 16.2. The molecule has 0 atom stereocenters. The van der Waals surface area contributed by atoms with Crippen LogP contribution < -0.4 is 11.2 Å². The third-order valence-corrected chi connectivity index (χ3v) is 5.56. The number of aromatic nitrogens is 3. The van der Waals surface area contributed by atoms with Crippen LogP contribution in [0.5, 0.6) is 0 Å². The van der Waals surface area contributed by atoms with Gasteiger partial charge in [0.2, 0.25) is 0 Å². The van der Waals surface area contributed by atoms with Gasteiger partial charge in [0, 0.05) is 32.4 Å². The van der Waals surface area contributed by atoms with Crippen molar-refractivity contribution in [1.82, 2.24) is 18.6 Å². The molecule has 6 heteroatoms. The van der Waals surface area contributed by atoms with Crippen molar-refractivity contribution in [3.63, 3.8) is 0 Å². The van der Waals surface area contributed by atoms with Crippen LogP contribution in [0.4, 0.5) is 0 Å². The van der Waals surface area contributed by atoms with Gasteiger partial charge in [-0.2, -0.15) is 0 Å². The zero-order valence-electron chi connectivity index (χ0n) is 17.3. The molecular formula is C23H26N4O2. The van der Waals surface area contributed by atoms with Crippen LogP contribution in [-0.2, 0) is 20.6 Å². The Morgan fingerprint density at radius 1 is 0.931 bits per heavy atom. The average Bonchev–Trinajstić information content (AvgIpc) is 3.09. The SMILES string of the molecule is CN(C)CCCn1cc2c(c1-c1cccc3ccccc13)c(=O)n(C)c(=O)n2C. The van der Waals surface area contributed by atoms with E-state index in [4.69, 9.17) is 0 Å². The molecule has 0 radical (unpaired) electrons. The highest BCUT2D eigenvalue weighted by molar-refractivity contribution is 6.03. The van der Waals surface area contributed by atoms with Crippen molar-refractivity contribution in [1.29, 1.82) is 0 Å². The first kappa shape index (κ1) is 19.2. The fourth-order valence-electron chi connectivity index (χ4n) is 4.04. The zero-order chi connectivity index (χ0) is 20.7. The number of hydrogen-bond donors (Lipinski definition) is 0. The molecule has 0 fully saturated rings. The summed E-state index contributed by atoms with van der Waals surface area (Å²) in [5.41, 5.74) is 2.01. The first-order valence-electron chi connectivity index (χ1n) is 9.82. The second-order valence-electron chi connectivity index (χ2n) is 7.82. The van der Waals surface area contributed by atoms with Crippen LogP contribution >= 0.6 is 0 Å². The summed E-state index contributed by atoms with van der Waals surface area (Å²) in [7, 11) is 7.37. The van der Waals surface area contributed by atoms with Gasteiger partial charge in [-0.25, -0.2) is 4.79 Å². The molecule has 6 nitrogen and oxygen atoms in total. The normalized spacial score (nSPS) is 11.8. The summed E-state index contributed by atoms with van der Waals surface area (Å²) in [6.45, 7) is 1.71. The highest BCUT2D eigenvalue weighted by Gasteiger charge is 2.20. The Bertz CT molecular complexity index is 1320. The van der Waals surface area contributed by atoms with E-state index in [1.54, 1.807) is 18.7 Å². The van der Waals surface area contributed by atoms with Crippen molar-refractivity contribution >= 4 is 21.7 Å². The average molecular weight is 390 g/mol. The monoisotopic (exact) mass is 390 g/mol. The molecule has 4 rings (SSSR count). The highest BCUT2D eigenvalue weighted by Crippen LogP contribution is 2.33. The second kappa shape index (κ2) is 7.37. The van der Waals surface area contributed by atoms with Gasteiger partial charge < -0.3 is 9.47 Å². The summed E-state index contributed by atoms with van der Waals surface area (Å²) in [6.07, 6.45) is 2.89. The molecule has 2 heterocycles. The van der Waals surface area contributed by atoms with Crippen LogP contribution in [0.3, 0.4) is 0 Å². The lowest BCUT2D eigenvalue weighted by Gasteiger charge is -2.14. The predicted octanol–water partition coefficient (Wildman–Crippen LogP) is 2.81. The van der Waals surface area contributed by atoms with Crippen LogP contribution in [-0.4, -0.2) is 39.2 Å². The standard InChI is InChI=1S/C23H26N4O2/c1-24(2)13-8-14-27-15-19-20(22(28)26(4)23(29)25(19)3)21(27)18-12-7-10-16-9-5-6-11-17(16)18/h5-7,9-12,15H,8,13-14H2,1-4H3. The van der Waals surface area contributed by atoms with Gasteiger partial charge in [-0.1, -0.05) is 42.5 Å². The van der Waals surface area contributed by atoms with Gasteiger partial charge >= 0.3 is 5.69 Å². The number of benzene rings is 2. The summed E-state index contributed by atoms with van der Waals surface area (Å²) in [6, 6.07) is 14.4. The van der Waals surface area contributed by atoms with Gasteiger partial charge in [-0.05, 0) is 37.8 Å². The van der Waals surface area contributed by atoms with Gasteiger partial charge in [0.25, 0.3) is 5.56 Å². The third kappa shape index (κ3) is 3.19. The van der Waals surface area contributed by atoms with Gasteiger partial charge in [0.1, 0.15) is 0 Å². The summed E-state index contributed by atoms with van der Waals surface area (Å²) in [5, 5.41) is 2.82. The van der Waals surface area contributed by atoms with Gasteiger partial charge in [-0.3, -0.25) is 13.9 Å². The lowest BCUT2D eigenvalue weighted by Crippen LogP contribution is -2.36. The van der Waals surface area contributed by atoms with Crippen molar-refractivity contribution in [2.45, 2.75) is 13.0 Å². The molecule has 0 N–H and O–H groups in total. The van der Waals surface area contributed by atoms with E-state index < -0.39 is 0 Å². The third-order valence-electron chi connectivity index (χ3n) is 5.56. The molecule has 0 bridgehead atoms. The number of aryl methyl sites for hydroxylation is 2. The first-order chi connectivity index (χ1) is 13.9. The smallest absolute Gasteiger partial charge is 0.330 e. The molecule has 2 aromatic carbocycles. The van der Waals surface area contributed by atoms with Crippen molar-refractivity contribution in [3.8, 4) is 11.3 Å². The summed E-state index contributed by atoms with van der Waals surface area (Å²) in [4.78, 5) is 27.8. The first-order valence-corrected chi connectivity index (χ1v) is 9.82. The van der Waals surface area contributed by atoms with Gasteiger partial charge in [0.05, 0.1) is 16.6 Å². The maximum Gasteiger partial charge on any atom is 0.330 e. The van der Waals surface area contributed by atoms with Crippen molar-refractivity contribution in [3.05, 3.63) is 69.5 Å². The van der Waals surface area contributed by atoms with E-state index in [0.29, 0.717) is 10.9 Å². The molecule has 0 saturated carbocycles. The van der Waals surface area contributed by atoms with Crippen molar-refractivity contribution < 1.29 is 0 Å². The fourth-order valence-corrected chi connectivity index (χ4v) is 4.04. The van der Waals surface area contributed by atoms with Crippen LogP contribution in [0.2, 0.25) is 0 Å². The van der Waals surface area contributed by atoms with E-state index in [9.17, 15) is 9.59 Å². The van der Waals surface area contributed by atoms with E-state index in [2.05, 4.69) is 47.8 Å². The molecule has 0 amide bonds. The van der Waals surface area contributed by atoms with Crippen LogP contribution in [0.25, 0.3) is 32.9 Å². The van der Waals surface area contributed by atoms with Crippen LogP contribution in [0.15, 0.2) is 58.3 Å². The largest absolute Gasteiger partial charge is 0.345 e. The molecule has 0 unspecified atom stereocenters. The molecule has 0 saturated heterocycles. The van der Waals surface area contributed by atoms with E-state index in [0.717, 1.165) is 41.5 Å². The molecule has 29 heavy (non-hydrogen) atoms. The van der Waals surface area contributed by atoms with Crippen molar-refractivity contribution in [2.75, 3.05) is 20.6 Å². The van der Waals surface area contributed by atoms with E-state index in [-0.39, 0.29) is 11.2 Å². The Morgan fingerprint density at radius 3 is 2.41 bits per heavy atom. The van der Waals surface area contributed by atoms with E-state index in [1.807, 2.05) is 24.4 Å². The molecule has 2 aromatic heterocycles. The Kier molecular flexibility index (Phi) is 4.88. The van der Waals surface area contributed by atoms with Crippen LogP contribution in [0, 0.1) is 0 Å². The molecule has 0 aliphatic carbocycles. The summed E-state index contributed by atoms with van der Waals surface area (Å²) in [5.74, 6) is 0. The lowest BCUT2D eigenvalue weighted by molar-refractivity contribution is 0.387. The Balaban J connectivity index is 2.07. The summed E-state index contributed by atoms with van der Waals surface area (Å²) < 4.78 is 4.89. The number of nitrogens with zero attached hydrogens (tertiary/aromatic N) is 4. The Labute approximate surface area is 169 Å². The van der Waals surface area contributed by atoms with Crippen LogP contribution in [0.1, 0.15) is 6.42 Å². The molecule has 0 aliphatic heterocycles. The minimum Gasteiger partial charge on any atom is -0.345 e. The molecular weight excluding hydrogens is 364 g/mol. The zero-order valence-corrected chi connectivity index (χ0v) is 17.3. The topological polar surface area (TPSA) is 52.2 Å². The molecule has 0 aliphatic rings. The second-order valence-corrected chi connectivity index (χ2v) is 7.82. The Hall–Kier alpha value is -3.12. The van der Waals surface area contributed by atoms with Gasteiger partial charge in [-0.15, -0.1) is 0 Å². The van der Waals surface area contributed by atoms with E-state index in [1.165, 1.54) is 4.57 Å². The maximum atomic E-state index is 13.2. The quantitative estimate of drug-likeness (QED) is 0.527. The number of hydrogen-bond acceptors (Lipinski definition) is 3. The van der Waals surface area contributed by atoms with Crippen molar-refractivity contribution in [2.24, 2.45) is 14.1 Å². The fraction of sp³-hybridized carbons (Fsp3) is 0.304. The van der Waals surface area contributed by atoms with E-state index >= 15 is 0 Å². The Morgan fingerprint density at radius 2 is 1.66 bits per heavy atom. The molecule has 4 aromatic rings. The number of fused-ring (bicyclic) bond motifs is 2. The number of rotatable bonds is 5. The minimum atomic E-state index is -0.308. The molecule has 0 spiro atoms.